The normalized spacial score (nSPS) is 16.4. The third-order valence-corrected chi connectivity index (χ3v) is 5.20. The van der Waals surface area contributed by atoms with E-state index < -0.39 is 0 Å². The Bertz CT molecular complexity index is 802. The van der Waals surface area contributed by atoms with Gasteiger partial charge in [0, 0.05) is 8.95 Å². The highest BCUT2D eigenvalue weighted by Crippen LogP contribution is 2.33. The zero-order valence-corrected chi connectivity index (χ0v) is 15.8. The summed E-state index contributed by atoms with van der Waals surface area (Å²) in [5, 5.41) is -0.238. The summed E-state index contributed by atoms with van der Waals surface area (Å²) in [5.74, 6) is -0.247. The van der Waals surface area contributed by atoms with Crippen LogP contribution in [0.1, 0.15) is 11.1 Å². The summed E-state index contributed by atoms with van der Waals surface area (Å²) >= 11 is 7.75. The van der Waals surface area contributed by atoms with Crippen molar-refractivity contribution < 1.29 is 9.59 Å². The van der Waals surface area contributed by atoms with Crippen LogP contribution < -0.4 is 0 Å². The maximum atomic E-state index is 12.5. The molecule has 1 fully saturated rings. The molecule has 3 nitrogen and oxygen atoms in total. The Morgan fingerprint density at radius 3 is 2.43 bits per heavy atom. The van der Waals surface area contributed by atoms with Gasteiger partial charge in [-0.05, 0) is 53.2 Å². The lowest BCUT2D eigenvalue weighted by atomic mass is 10.2. The molecule has 0 saturated carbocycles. The van der Waals surface area contributed by atoms with Crippen molar-refractivity contribution in [2.24, 2.45) is 0 Å². The molecule has 1 aliphatic rings. The molecule has 0 aliphatic carbocycles. The van der Waals surface area contributed by atoms with Crippen molar-refractivity contribution in [1.82, 2.24) is 4.90 Å². The highest BCUT2D eigenvalue weighted by atomic mass is 79.9. The molecule has 116 valence electrons. The summed E-state index contributed by atoms with van der Waals surface area (Å²) in [5.41, 5.74) is 1.80. The molecule has 0 aromatic heterocycles. The van der Waals surface area contributed by atoms with E-state index in [1.807, 2.05) is 48.5 Å². The van der Waals surface area contributed by atoms with Crippen molar-refractivity contribution in [1.29, 1.82) is 0 Å². The Hall–Kier alpha value is -1.37. The SMILES string of the molecule is O=C1S/C(=C/c2ccc(Br)cc2)C(=O)N1Cc1cccc(Br)c1. The van der Waals surface area contributed by atoms with Crippen LogP contribution in [0.5, 0.6) is 0 Å². The number of thioether (sulfide) groups is 1. The van der Waals surface area contributed by atoms with Crippen molar-refractivity contribution >= 4 is 60.8 Å². The van der Waals surface area contributed by atoms with Gasteiger partial charge in [-0.15, -0.1) is 0 Å². The first-order chi connectivity index (χ1) is 11.0. The second-order valence-electron chi connectivity index (χ2n) is 4.95. The minimum absolute atomic E-state index is 0.238. The van der Waals surface area contributed by atoms with Crippen LogP contribution in [-0.4, -0.2) is 16.0 Å². The van der Waals surface area contributed by atoms with E-state index in [4.69, 9.17) is 0 Å². The van der Waals surface area contributed by atoms with Gasteiger partial charge in [0.15, 0.2) is 0 Å². The molecule has 23 heavy (non-hydrogen) atoms. The maximum absolute atomic E-state index is 12.5. The lowest BCUT2D eigenvalue weighted by Gasteiger charge is -2.12. The van der Waals surface area contributed by atoms with Crippen LogP contribution in [0.4, 0.5) is 4.79 Å². The number of nitrogens with zero attached hydrogens (tertiary/aromatic N) is 1. The molecule has 3 rings (SSSR count). The quantitative estimate of drug-likeness (QED) is 0.581. The topological polar surface area (TPSA) is 37.4 Å². The molecule has 2 aromatic rings. The molecule has 0 unspecified atom stereocenters. The summed E-state index contributed by atoms with van der Waals surface area (Å²) in [6, 6.07) is 15.2. The van der Waals surface area contributed by atoms with E-state index in [2.05, 4.69) is 31.9 Å². The fourth-order valence-electron chi connectivity index (χ4n) is 2.16. The van der Waals surface area contributed by atoms with Gasteiger partial charge in [0.05, 0.1) is 11.4 Å². The highest BCUT2D eigenvalue weighted by molar-refractivity contribution is 9.10. The van der Waals surface area contributed by atoms with E-state index in [0.29, 0.717) is 4.91 Å². The summed E-state index contributed by atoms with van der Waals surface area (Å²) in [4.78, 5) is 26.3. The summed E-state index contributed by atoms with van der Waals surface area (Å²) in [7, 11) is 0. The molecule has 2 aromatic carbocycles. The van der Waals surface area contributed by atoms with E-state index in [9.17, 15) is 9.59 Å². The minimum Gasteiger partial charge on any atom is -0.268 e. The molecule has 0 N–H and O–H groups in total. The fraction of sp³-hybridized carbons (Fsp3) is 0.0588. The van der Waals surface area contributed by atoms with Crippen LogP contribution >= 0.6 is 43.6 Å². The van der Waals surface area contributed by atoms with E-state index in [1.165, 1.54) is 4.90 Å². The van der Waals surface area contributed by atoms with E-state index in [0.717, 1.165) is 31.8 Å². The van der Waals surface area contributed by atoms with E-state index in [-0.39, 0.29) is 17.7 Å². The van der Waals surface area contributed by atoms with Crippen LogP contribution in [0, 0.1) is 0 Å². The molecule has 1 heterocycles. The second kappa shape index (κ2) is 7.03. The molecular formula is C17H11Br2NO2S. The van der Waals surface area contributed by atoms with Gasteiger partial charge in [0.1, 0.15) is 0 Å². The van der Waals surface area contributed by atoms with Gasteiger partial charge in [-0.1, -0.05) is 56.1 Å². The van der Waals surface area contributed by atoms with Crippen LogP contribution in [0.3, 0.4) is 0 Å². The number of amides is 2. The van der Waals surface area contributed by atoms with Crippen LogP contribution in [0.15, 0.2) is 62.4 Å². The standard InChI is InChI=1S/C17H11Br2NO2S/c18-13-6-4-11(5-7-13)9-15-16(21)20(17(22)23-15)10-12-2-1-3-14(19)8-12/h1-9H,10H2/b15-9+. The lowest BCUT2D eigenvalue weighted by Crippen LogP contribution is -2.27. The summed E-state index contributed by atoms with van der Waals surface area (Å²) in [6.45, 7) is 0.280. The van der Waals surface area contributed by atoms with Crippen LogP contribution in [0.25, 0.3) is 6.08 Å². The summed E-state index contributed by atoms with van der Waals surface area (Å²) in [6.07, 6.45) is 1.75. The van der Waals surface area contributed by atoms with Gasteiger partial charge >= 0.3 is 0 Å². The zero-order valence-electron chi connectivity index (χ0n) is 11.8. The number of imide groups is 1. The third kappa shape index (κ3) is 3.94. The molecule has 1 saturated heterocycles. The number of benzene rings is 2. The lowest BCUT2D eigenvalue weighted by molar-refractivity contribution is -0.123. The van der Waals surface area contributed by atoms with E-state index >= 15 is 0 Å². The molecule has 0 bridgehead atoms. The van der Waals surface area contributed by atoms with Crippen molar-refractivity contribution in [2.45, 2.75) is 6.54 Å². The Morgan fingerprint density at radius 2 is 1.74 bits per heavy atom. The average Bonchev–Trinajstić information content (AvgIpc) is 2.77. The van der Waals surface area contributed by atoms with Crippen LogP contribution in [-0.2, 0) is 11.3 Å². The van der Waals surface area contributed by atoms with Gasteiger partial charge in [0.2, 0.25) is 0 Å². The number of halogens is 2. The molecule has 6 heteroatoms. The zero-order chi connectivity index (χ0) is 16.4. The third-order valence-electron chi connectivity index (χ3n) is 3.27. The molecule has 0 radical (unpaired) electrons. The first kappa shape index (κ1) is 16.5. The molecule has 1 aliphatic heterocycles. The minimum atomic E-state index is -0.247. The molecule has 0 atom stereocenters. The van der Waals surface area contributed by atoms with Gasteiger partial charge in [-0.2, -0.15) is 0 Å². The molecular weight excluding hydrogens is 442 g/mol. The molecule has 2 amide bonds. The van der Waals surface area contributed by atoms with Crippen molar-refractivity contribution in [3.63, 3.8) is 0 Å². The Kier molecular flexibility index (Phi) is 5.04. The number of carbonyl (C=O) groups is 2. The monoisotopic (exact) mass is 451 g/mol. The van der Waals surface area contributed by atoms with Gasteiger partial charge < -0.3 is 0 Å². The summed E-state index contributed by atoms with van der Waals surface area (Å²) < 4.78 is 1.89. The number of hydrogen-bond donors (Lipinski definition) is 0. The largest absolute Gasteiger partial charge is 0.293 e. The van der Waals surface area contributed by atoms with Gasteiger partial charge in [-0.3, -0.25) is 14.5 Å². The van der Waals surface area contributed by atoms with Gasteiger partial charge in [0.25, 0.3) is 11.1 Å². The Labute approximate surface area is 155 Å². The first-order valence-electron chi connectivity index (χ1n) is 6.78. The van der Waals surface area contributed by atoms with Crippen molar-refractivity contribution in [2.75, 3.05) is 0 Å². The highest BCUT2D eigenvalue weighted by Gasteiger charge is 2.34. The number of carbonyl (C=O) groups excluding carboxylic acids is 2. The first-order valence-corrected chi connectivity index (χ1v) is 9.18. The Morgan fingerprint density at radius 1 is 1.00 bits per heavy atom. The Balaban J connectivity index is 1.81. The predicted octanol–water partition coefficient (Wildman–Crippen LogP) is 5.45. The van der Waals surface area contributed by atoms with Crippen molar-refractivity contribution in [3.05, 3.63) is 73.5 Å². The number of hydrogen-bond acceptors (Lipinski definition) is 3. The second-order valence-corrected chi connectivity index (χ2v) is 7.77. The number of rotatable bonds is 3. The van der Waals surface area contributed by atoms with Crippen molar-refractivity contribution in [3.8, 4) is 0 Å². The average molecular weight is 453 g/mol. The van der Waals surface area contributed by atoms with Crippen LogP contribution in [0.2, 0.25) is 0 Å². The van der Waals surface area contributed by atoms with E-state index in [1.54, 1.807) is 6.08 Å². The molecule has 0 spiro atoms. The maximum Gasteiger partial charge on any atom is 0.293 e. The van der Waals surface area contributed by atoms with Gasteiger partial charge in [-0.25, -0.2) is 0 Å². The predicted molar refractivity (Wildman–Crippen MR) is 99.8 cm³/mol. The smallest absolute Gasteiger partial charge is 0.268 e. The fourth-order valence-corrected chi connectivity index (χ4v) is 3.71.